The first-order chi connectivity index (χ1) is 7.06. The molecule has 0 amide bonds. The van der Waals surface area contributed by atoms with Crippen LogP contribution in [0.2, 0.25) is 0 Å². The molecule has 0 aromatic carbocycles. The maximum absolute atomic E-state index is 9.43. The van der Waals surface area contributed by atoms with Crippen LogP contribution in [0.5, 0.6) is 0 Å². The number of anilines is 1. The number of aliphatic hydroxyl groups excluding tert-OH is 2. The number of hydrogen-bond acceptors (Lipinski definition) is 5. The second kappa shape index (κ2) is 4.18. The summed E-state index contributed by atoms with van der Waals surface area (Å²) in [6.07, 6.45) is -1.36. The predicted octanol–water partition coefficient (Wildman–Crippen LogP) is -0.0686. The normalized spacial score (nSPS) is 26.0. The summed E-state index contributed by atoms with van der Waals surface area (Å²) in [6, 6.07) is 1.85. The number of aryl methyl sites for hydroxylation is 1. The number of nitrogens with zero attached hydrogens (tertiary/aromatic N) is 3. The van der Waals surface area contributed by atoms with Gasteiger partial charge in [0, 0.05) is 19.2 Å². The molecule has 5 nitrogen and oxygen atoms in total. The molecule has 0 bridgehead atoms. The van der Waals surface area contributed by atoms with Gasteiger partial charge in [-0.3, -0.25) is 0 Å². The van der Waals surface area contributed by atoms with Crippen LogP contribution in [0, 0.1) is 10.6 Å². The van der Waals surface area contributed by atoms with Crippen molar-refractivity contribution >= 4 is 28.4 Å². The SMILES string of the molecule is Cc1nc(I)cc(N2CC(O)C(O)C2)n1. The van der Waals surface area contributed by atoms with Gasteiger partial charge in [-0.15, -0.1) is 0 Å². The van der Waals surface area contributed by atoms with Crippen LogP contribution in [0.25, 0.3) is 0 Å². The van der Waals surface area contributed by atoms with Gasteiger partial charge < -0.3 is 15.1 Å². The fourth-order valence-electron chi connectivity index (χ4n) is 1.63. The van der Waals surface area contributed by atoms with Crippen molar-refractivity contribution in [2.24, 2.45) is 0 Å². The van der Waals surface area contributed by atoms with Crippen LogP contribution in [0.1, 0.15) is 5.82 Å². The number of hydrogen-bond donors (Lipinski definition) is 2. The number of rotatable bonds is 1. The highest BCUT2D eigenvalue weighted by molar-refractivity contribution is 14.1. The Bertz CT molecular complexity index is 344. The second-order valence-corrected chi connectivity index (χ2v) is 4.74. The summed E-state index contributed by atoms with van der Waals surface area (Å²) >= 11 is 2.13. The van der Waals surface area contributed by atoms with Crippen LogP contribution in [-0.4, -0.2) is 45.5 Å². The van der Waals surface area contributed by atoms with Crippen molar-refractivity contribution in [2.75, 3.05) is 18.0 Å². The minimum Gasteiger partial charge on any atom is -0.389 e. The zero-order valence-electron chi connectivity index (χ0n) is 8.26. The van der Waals surface area contributed by atoms with E-state index >= 15 is 0 Å². The van der Waals surface area contributed by atoms with Gasteiger partial charge in [-0.25, -0.2) is 9.97 Å². The average Bonchev–Trinajstić information content (AvgIpc) is 2.45. The van der Waals surface area contributed by atoms with Crippen molar-refractivity contribution in [3.8, 4) is 0 Å². The van der Waals surface area contributed by atoms with E-state index in [4.69, 9.17) is 0 Å². The molecule has 1 fully saturated rings. The van der Waals surface area contributed by atoms with Gasteiger partial charge in [0.25, 0.3) is 0 Å². The van der Waals surface area contributed by atoms with Gasteiger partial charge >= 0.3 is 0 Å². The molecule has 15 heavy (non-hydrogen) atoms. The summed E-state index contributed by atoms with van der Waals surface area (Å²) in [5.74, 6) is 1.47. The third-order valence-electron chi connectivity index (χ3n) is 2.38. The molecule has 1 aromatic heterocycles. The minimum atomic E-state index is -0.682. The van der Waals surface area contributed by atoms with Crippen molar-refractivity contribution in [3.63, 3.8) is 0 Å². The van der Waals surface area contributed by atoms with E-state index in [1.165, 1.54) is 0 Å². The van der Waals surface area contributed by atoms with E-state index in [2.05, 4.69) is 32.6 Å². The van der Waals surface area contributed by atoms with Crippen molar-refractivity contribution < 1.29 is 10.2 Å². The fraction of sp³-hybridized carbons (Fsp3) is 0.556. The lowest BCUT2D eigenvalue weighted by atomic mass is 10.3. The molecular weight excluding hydrogens is 309 g/mol. The quantitative estimate of drug-likeness (QED) is 0.560. The number of halogens is 1. The highest BCUT2D eigenvalue weighted by atomic mass is 127. The first kappa shape index (κ1) is 11.0. The molecule has 1 aromatic rings. The molecule has 1 aliphatic rings. The molecule has 82 valence electrons. The van der Waals surface area contributed by atoms with Gasteiger partial charge in [0.1, 0.15) is 15.3 Å². The van der Waals surface area contributed by atoms with Crippen molar-refractivity contribution in [1.82, 2.24) is 9.97 Å². The largest absolute Gasteiger partial charge is 0.389 e. The van der Waals surface area contributed by atoms with E-state index in [1.807, 2.05) is 17.9 Å². The van der Waals surface area contributed by atoms with Crippen LogP contribution in [0.15, 0.2) is 6.07 Å². The molecular formula is C9H12IN3O2. The van der Waals surface area contributed by atoms with Gasteiger partial charge in [0.2, 0.25) is 0 Å². The fourth-order valence-corrected chi connectivity index (χ4v) is 2.26. The van der Waals surface area contributed by atoms with E-state index in [0.29, 0.717) is 18.9 Å². The minimum absolute atomic E-state index is 0.424. The molecule has 6 heteroatoms. The molecule has 1 aliphatic heterocycles. The zero-order chi connectivity index (χ0) is 11.0. The summed E-state index contributed by atoms with van der Waals surface area (Å²) in [6.45, 7) is 2.68. The maximum atomic E-state index is 9.43. The average molecular weight is 321 g/mol. The van der Waals surface area contributed by atoms with E-state index < -0.39 is 12.2 Å². The molecule has 0 radical (unpaired) electrons. The van der Waals surface area contributed by atoms with E-state index in [9.17, 15) is 10.2 Å². The van der Waals surface area contributed by atoms with Crippen molar-refractivity contribution in [3.05, 3.63) is 15.6 Å². The topological polar surface area (TPSA) is 69.5 Å². The molecule has 2 unspecified atom stereocenters. The maximum Gasteiger partial charge on any atom is 0.133 e. The molecule has 2 rings (SSSR count). The van der Waals surface area contributed by atoms with Gasteiger partial charge in [-0.2, -0.15) is 0 Å². The van der Waals surface area contributed by atoms with Crippen LogP contribution < -0.4 is 4.90 Å². The Balaban J connectivity index is 2.23. The van der Waals surface area contributed by atoms with Crippen LogP contribution >= 0.6 is 22.6 Å². The van der Waals surface area contributed by atoms with Gasteiger partial charge in [-0.1, -0.05) is 0 Å². The molecule has 0 spiro atoms. The molecule has 2 N–H and O–H groups in total. The number of β-amino-alcohol motifs (C(OH)–C–C–N with tert-alkyl or cyclic N) is 2. The molecule has 2 atom stereocenters. The first-order valence-electron chi connectivity index (χ1n) is 4.68. The number of aromatic nitrogens is 2. The van der Waals surface area contributed by atoms with Crippen molar-refractivity contribution in [1.29, 1.82) is 0 Å². The Kier molecular flexibility index (Phi) is 3.08. The lowest BCUT2D eigenvalue weighted by molar-refractivity contribution is 0.0572. The summed E-state index contributed by atoms with van der Waals surface area (Å²) in [7, 11) is 0. The zero-order valence-corrected chi connectivity index (χ0v) is 10.4. The van der Waals surface area contributed by atoms with Gasteiger partial charge in [-0.05, 0) is 29.5 Å². The van der Waals surface area contributed by atoms with Crippen molar-refractivity contribution in [2.45, 2.75) is 19.1 Å². The Morgan fingerprint density at radius 3 is 2.47 bits per heavy atom. The summed E-state index contributed by atoms with van der Waals surface area (Å²) in [5.41, 5.74) is 0. The third-order valence-corrected chi connectivity index (χ3v) is 2.93. The van der Waals surface area contributed by atoms with Crippen LogP contribution in [0.4, 0.5) is 5.82 Å². The highest BCUT2D eigenvalue weighted by Crippen LogP contribution is 2.19. The lowest BCUT2D eigenvalue weighted by Crippen LogP contribution is -2.22. The van der Waals surface area contributed by atoms with E-state index in [-0.39, 0.29) is 0 Å². The summed E-state index contributed by atoms with van der Waals surface area (Å²) in [4.78, 5) is 10.3. The Morgan fingerprint density at radius 2 is 1.93 bits per heavy atom. The second-order valence-electron chi connectivity index (χ2n) is 3.64. The standard InChI is InChI=1S/C9H12IN3O2/c1-5-11-8(10)2-9(12-5)13-3-6(14)7(15)4-13/h2,6-7,14-15H,3-4H2,1H3. The summed E-state index contributed by atoms with van der Waals surface area (Å²) in [5, 5.41) is 18.9. The Morgan fingerprint density at radius 1 is 1.33 bits per heavy atom. The monoisotopic (exact) mass is 321 g/mol. The lowest BCUT2D eigenvalue weighted by Gasteiger charge is -2.16. The van der Waals surface area contributed by atoms with E-state index in [0.717, 1.165) is 9.52 Å². The molecule has 0 saturated carbocycles. The third kappa shape index (κ3) is 2.37. The van der Waals surface area contributed by atoms with Gasteiger partial charge in [0.15, 0.2) is 0 Å². The van der Waals surface area contributed by atoms with E-state index in [1.54, 1.807) is 0 Å². The molecule has 2 heterocycles. The Hall–Kier alpha value is -0.470. The van der Waals surface area contributed by atoms with Crippen LogP contribution in [-0.2, 0) is 0 Å². The summed E-state index contributed by atoms with van der Waals surface area (Å²) < 4.78 is 0.867. The van der Waals surface area contributed by atoms with Gasteiger partial charge in [0.05, 0.1) is 12.2 Å². The Labute approximate surface area is 101 Å². The molecule has 0 aliphatic carbocycles. The first-order valence-corrected chi connectivity index (χ1v) is 5.76. The number of aliphatic hydroxyl groups is 2. The highest BCUT2D eigenvalue weighted by Gasteiger charge is 2.30. The molecule has 1 saturated heterocycles. The predicted molar refractivity (Wildman–Crippen MR) is 63.7 cm³/mol. The smallest absolute Gasteiger partial charge is 0.133 e. The van der Waals surface area contributed by atoms with Crippen LogP contribution in [0.3, 0.4) is 0 Å².